The number of carbonyl (C=O) groups is 1. The standard InChI is InChI=1S/C14H15ClN2O4S2/c1-21-6-13(18)16-14-17(10-4-2-3-9(15)5-10)11-7-23(19,20)8-12(11)22-14/h2-5,11-12H,6-8H2,1H3/t11-,12-/m0/s1. The number of halogens is 1. The Hall–Kier alpha value is -1.09. The molecule has 124 valence electrons. The number of anilines is 1. The van der Waals surface area contributed by atoms with E-state index in [2.05, 4.69) is 4.99 Å². The number of sulfone groups is 1. The Morgan fingerprint density at radius 3 is 2.96 bits per heavy atom. The van der Waals surface area contributed by atoms with Crippen LogP contribution in [0.15, 0.2) is 29.3 Å². The van der Waals surface area contributed by atoms with E-state index >= 15 is 0 Å². The van der Waals surface area contributed by atoms with Crippen molar-refractivity contribution in [1.82, 2.24) is 0 Å². The molecule has 0 N–H and O–H groups in total. The van der Waals surface area contributed by atoms with Gasteiger partial charge < -0.3 is 9.64 Å². The van der Waals surface area contributed by atoms with Crippen LogP contribution in [0.3, 0.4) is 0 Å². The van der Waals surface area contributed by atoms with Gasteiger partial charge in [-0.05, 0) is 18.2 Å². The Morgan fingerprint density at radius 2 is 2.26 bits per heavy atom. The lowest BCUT2D eigenvalue weighted by Crippen LogP contribution is -2.37. The first-order valence-electron chi connectivity index (χ1n) is 6.92. The zero-order valence-corrected chi connectivity index (χ0v) is 14.7. The van der Waals surface area contributed by atoms with Crippen LogP contribution in [-0.4, -0.2) is 56.0 Å². The van der Waals surface area contributed by atoms with Gasteiger partial charge in [0.2, 0.25) is 0 Å². The van der Waals surface area contributed by atoms with Crippen molar-refractivity contribution in [1.29, 1.82) is 0 Å². The lowest BCUT2D eigenvalue weighted by molar-refractivity contribution is -0.121. The van der Waals surface area contributed by atoms with Crippen LogP contribution >= 0.6 is 23.4 Å². The summed E-state index contributed by atoms with van der Waals surface area (Å²) in [4.78, 5) is 17.7. The maximum atomic E-state index is 11.9. The number of methoxy groups -OCH3 is 1. The van der Waals surface area contributed by atoms with Crippen molar-refractivity contribution in [2.24, 2.45) is 4.99 Å². The summed E-state index contributed by atoms with van der Waals surface area (Å²) in [7, 11) is -1.65. The molecule has 9 heteroatoms. The SMILES string of the molecule is COCC(=O)N=C1S[C@H]2CS(=O)(=O)C[C@@H]2N1c1cccc(Cl)c1. The van der Waals surface area contributed by atoms with Crippen LogP contribution in [0, 0.1) is 0 Å². The fourth-order valence-corrected chi connectivity index (χ4v) is 6.87. The third kappa shape index (κ3) is 3.55. The third-order valence-electron chi connectivity index (χ3n) is 3.64. The molecular weight excluding hydrogens is 360 g/mol. The number of benzene rings is 1. The van der Waals surface area contributed by atoms with Crippen LogP contribution in [0.1, 0.15) is 0 Å². The van der Waals surface area contributed by atoms with Crippen LogP contribution in [0.25, 0.3) is 0 Å². The number of fused-ring (bicyclic) bond motifs is 1. The predicted molar refractivity (Wildman–Crippen MR) is 92.1 cm³/mol. The maximum Gasteiger partial charge on any atom is 0.274 e. The Morgan fingerprint density at radius 1 is 1.48 bits per heavy atom. The van der Waals surface area contributed by atoms with E-state index in [1.807, 2.05) is 6.07 Å². The van der Waals surface area contributed by atoms with Gasteiger partial charge in [0.25, 0.3) is 5.91 Å². The van der Waals surface area contributed by atoms with E-state index < -0.39 is 15.7 Å². The highest BCUT2D eigenvalue weighted by Crippen LogP contribution is 2.41. The van der Waals surface area contributed by atoms with E-state index in [0.717, 1.165) is 5.69 Å². The van der Waals surface area contributed by atoms with E-state index in [1.165, 1.54) is 18.9 Å². The van der Waals surface area contributed by atoms with Crippen LogP contribution in [-0.2, 0) is 19.4 Å². The van der Waals surface area contributed by atoms with Crippen molar-refractivity contribution in [2.75, 3.05) is 30.1 Å². The summed E-state index contributed by atoms with van der Waals surface area (Å²) < 4.78 is 28.7. The molecule has 0 radical (unpaired) electrons. The molecule has 2 atom stereocenters. The van der Waals surface area contributed by atoms with Gasteiger partial charge in [-0.2, -0.15) is 4.99 Å². The topological polar surface area (TPSA) is 76.0 Å². The number of amidine groups is 1. The van der Waals surface area contributed by atoms with Crippen molar-refractivity contribution >= 4 is 50.0 Å². The first kappa shape index (κ1) is 16.8. The first-order valence-corrected chi connectivity index (χ1v) is 10.00. The summed E-state index contributed by atoms with van der Waals surface area (Å²) in [5, 5.41) is 0.909. The molecule has 2 fully saturated rings. The monoisotopic (exact) mass is 374 g/mol. The molecular formula is C14H15ClN2O4S2. The molecule has 2 saturated heterocycles. The summed E-state index contributed by atoms with van der Waals surface area (Å²) >= 11 is 7.37. The average molecular weight is 375 g/mol. The molecule has 1 amide bonds. The van der Waals surface area contributed by atoms with Crippen LogP contribution in [0.5, 0.6) is 0 Å². The molecule has 3 rings (SSSR count). The molecule has 23 heavy (non-hydrogen) atoms. The van der Waals surface area contributed by atoms with Crippen LogP contribution in [0.4, 0.5) is 5.69 Å². The molecule has 0 aliphatic carbocycles. The van der Waals surface area contributed by atoms with Gasteiger partial charge in [-0.1, -0.05) is 29.4 Å². The van der Waals surface area contributed by atoms with Crippen molar-refractivity contribution in [3.05, 3.63) is 29.3 Å². The molecule has 1 aromatic carbocycles. The fourth-order valence-electron chi connectivity index (χ4n) is 2.75. The Bertz CT molecular complexity index is 766. The van der Waals surface area contributed by atoms with Gasteiger partial charge in [-0.15, -0.1) is 0 Å². The smallest absolute Gasteiger partial charge is 0.274 e. The second kappa shape index (κ2) is 6.43. The van der Waals surface area contributed by atoms with Crippen LogP contribution in [0.2, 0.25) is 5.02 Å². The molecule has 0 saturated carbocycles. The quantitative estimate of drug-likeness (QED) is 0.799. The van der Waals surface area contributed by atoms with Crippen molar-refractivity contribution in [2.45, 2.75) is 11.3 Å². The minimum absolute atomic E-state index is 0.0503. The molecule has 1 aromatic rings. The highest BCUT2D eigenvalue weighted by Gasteiger charge is 2.49. The van der Waals surface area contributed by atoms with Gasteiger partial charge in [-0.3, -0.25) is 4.79 Å². The molecule has 0 bridgehead atoms. The number of thioether (sulfide) groups is 1. The second-order valence-electron chi connectivity index (χ2n) is 5.37. The van der Waals surface area contributed by atoms with Crippen molar-refractivity contribution in [3.63, 3.8) is 0 Å². The number of carbonyl (C=O) groups excluding carboxylic acids is 1. The lowest BCUT2D eigenvalue weighted by Gasteiger charge is -2.24. The van der Waals surface area contributed by atoms with Gasteiger partial charge in [0.05, 0.1) is 17.5 Å². The normalized spacial score (nSPS) is 27.4. The summed E-state index contributed by atoms with van der Waals surface area (Å²) in [5.41, 5.74) is 0.735. The molecule has 0 aromatic heterocycles. The summed E-state index contributed by atoms with van der Waals surface area (Å²) in [5.74, 6) is -0.254. The number of amides is 1. The van der Waals surface area contributed by atoms with E-state index in [4.69, 9.17) is 16.3 Å². The average Bonchev–Trinajstić information content (AvgIpc) is 2.89. The first-order chi connectivity index (χ1) is 10.9. The van der Waals surface area contributed by atoms with E-state index in [1.54, 1.807) is 23.1 Å². The summed E-state index contributed by atoms with van der Waals surface area (Å²) in [6.07, 6.45) is 0. The van der Waals surface area contributed by atoms with Gasteiger partial charge in [-0.25, -0.2) is 8.42 Å². The second-order valence-corrected chi connectivity index (χ2v) is 9.17. The van der Waals surface area contributed by atoms with E-state index in [9.17, 15) is 13.2 Å². The largest absolute Gasteiger partial charge is 0.375 e. The lowest BCUT2D eigenvalue weighted by atomic mass is 10.2. The Labute approximate surface area is 143 Å². The van der Waals surface area contributed by atoms with Gasteiger partial charge in [0.1, 0.15) is 6.61 Å². The number of aliphatic imine (C=N–C) groups is 1. The number of ether oxygens (including phenoxy) is 1. The molecule has 0 spiro atoms. The third-order valence-corrected chi connectivity index (χ3v) is 7.09. The highest BCUT2D eigenvalue weighted by molar-refractivity contribution is 8.16. The highest BCUT2D eigenvalue weighted by atomic mass is 35.5. The minimum Gasteiger partial charge on any atom is -0.375 e. The Kier molecular flexibility index (Phi) is 4.68. The fraction of sp³-hybridized carbons (Fsp3) is 0.429. The summed E-state index contributed by atoms with van der Waals surface area (Å²) in [6, 6.07) is 6.86. The molecule has 2 aliphatic rings. The number of nitrogens with zero attached hydrogens (tertiary/aromatic N) is 2. The summed E-state index contributed by atoms with van der Waals surface area (Å²) in [6.45, 7) is -0.110. The number of rotatable bonds is 3. The molecule has 2 heterocycles. The number of hydrogen-bond donors (Lipinski definition) is 0. The van der Waals surface area contributed by atoms with E-state index in [-0.39, 0.29) is 29.4 Å². The van der Waals surface area contributed by atoms with Gasteiger partial charge >= 0.3 is 0 Å². The van der Waals surface area contributed by atoms with Gasteiger partial charge in [0, 0.05) is 23.1 Å². The van der Waals surface area contributed by atoms with E-state index in [0.29, 0.717) is 10.2 Å². The zero-order chi connectivity index (χ0) is 16.6. The Balaban J connectivity index is 1.99. The van der Waals surface area contributed by atoms with Crippen LogP contribution < -0.4 is 4.90 Å². The van der Waals surface area contributed by atoms with Crippen molar-refractivity contribution in [3.8, 4) is 0 Å². The maximum absolute atomic E-state index is 11.9. The van der Waals surface area contributed by atoms with Crippen molar-refractivity contribution < 1.29 is 17.9 Å². The zero-order valence-electron chi connectivity index (χ0n) is 12.3. The molecule has 2 aliphatic heterocycles. The predicted octanol–water partition coefficient (Wildman–Crippen LogP) is 1.59. The minimum atomic E-state index is -3.08. The number of hydrogen-bond acceptors (Lipinski definition) is 5. The molecule has 0 unspecified atom stereocenters. The molecule has 6 nitrogen and oxygen atoms in total. The van der Waals surface area contributed by atoms with Gasteiger partial charge in [0.15, 0.2) is 15.0 Å².